The normalized spacial score (nSPS) is 10.7. The van der Waals surface area contributed by atoms with Gasteiger partial charge in [-0.3, -0.25) is 14.6 Å². The van der Waals surface area contributed by atoms with Crippen molar-refractivity contribution < 1.29 is 18.4 Å². The number of hydrogen-bond acceptors (Lipinski definition) is 4. The molecule has 8 heteroatoms. The maximum atomic E-state index is 13.4. The third kappa shape index (κ3) is 5.84. The number of nitrogens with zero attached hydrogens (tertiary/aromatic N) is 1. The molecule has 1 aromatic heterocycles. The van der Waals surface area contributed by atoms with Crippen molar-refractivity contribution in [2.45, 2.75) is 33.7 Å². The Morgan fingerprint density at radius 2 is 1.97 bits per heavy atom. The van der Waals surface area contributed by atoms with Gasteiger partial charge in [0, 0.05) is 30.0 Å². The van der Waals surface area contributed by atoms with Gasteiger partial charge in [0.2, 0.25) is 5.91 Å². The highest BCUT2D eigenvalue weighted by atomic mass is 19.3. The average molecular weight is 402 g/mol. The standard InChI is InChI=1S/C21H24F2N4O2/c1-5-24-17-7-6-15(8-13(17)4)27-21(29)16-9-14(10-25-18(16)19(22)23)11-26-20(28)12(2)3/h5-10,12,19,24H,1,11H2,2-4H3,(H,26,28)(H,27,29). The van der Waals surface area contributed by atoms with Crippen molar-refractivity contribution in [1.82, 2.24) is 10.3 Å². The van der Waals surface area contributed by atoms with Crippen LogP contribution in [0.4, 0.5) is 20.2 Å². The number of nitrogens with one attached hydrogen (secondary N) is 3. The van der Waals surface area contributed by atoms with Crippen molar-refractivity contribution in [2.75, 3.05) is 10.6 Å². The van der Waals surface area contributed by atoms with Gasteiger partial charge < -0.3 is 16.0 Å². The quantitative estimate of drug-likeness (QED) is 0.611. The first-order valence-corrected chi connectivity index (χ1v) is 9.07. The van der Waals surface area contributed by atoms with E-state index in [4.69, 9.17) is 0 Å². The Kier molecular flexibility index (Phi) is 7.41. The topological polar surface area (TPSA) is 83.1 Å². The van der Waals surface area contributed by atoms with Gasteiger partial charge in [0.15, 0.2) is 0 Å². The maximum absolute atomic E-state index is 13.4. The smallest absolute Gasteiger partial charge is 0.281 e. The molecule has 0 saturated heterocycles. The average Bonchev–Trinajstić information content (AvgIpc) is 2.67. The molecule has 0 saturated carbocycles. The molecule has 0 unspecified atom stereocenters. The van der Waals surface area contributed by atoms with E-state index in [1.165, 1.54) is 18.5 Å². The van der Waals surface area contributed by atoms with Gasteiger partial charge in [-0.05, 0) is 48.5 Å². The summed E-state index contributed by atoms with van der Waals surface area (Å²) in [5.41, 5.74) is 1.73. The zero-order valence-corrected chi connectivity index (χ0v) is 16.6. The van der Waals surface area contributed by atoms with Gasteiger partial charge in [-0.1, -0.05) is 20.4 Å². The Bertz CT molecular complexity index is 914. The van der Waals surface area contributed by atoms with Crippen LogP contribution in [0, 0.1) is 12.8 Å². The largest absolute Gasteiger partial charge is 0.362 e. The van der Waals surface area contributed by atoms with Crippen molar-refractivity contribution in [3.63, 3.8) is 0 Å². The zero-order valence-electron chi connectivity index (χ0n) is 16.6. The molecule has 3 N–H and O–H groups in total. The monoisotopic (exact) mass is 402 g/mol. The number of halogens is 2. The second-order valence-corrected chi connectivity index (χ2v) is 6.78. The highest BCUT2D eigenvalue weighted by Gasteiger charge is 2.21. The number of pyridine rings is 1. The molecule has 0 fully saturated rings. The summed E-state index contributed by atoms with van der Waals surface area (Å²) in [5.74, 6) is -1.10. The number of carbonyl (C=O) groups is 2. The van der Waals surface area contributed by atoms with E-state index < -0.39 is 18.0 Å². The van der Waals surface area contributed by atoms with E-state index >= 15 is 0 Å². The lowest BCUT2D eigenvalue weighted by Crippen LogP contribution is -2.27. The summed E-state index contributed by atoms with van der Waals surface area (Å²) < 4.78 is 26.7. The molecule has 0 spiro atoms. The van der Waals surface area contributed by atoms with E-state index in [0.29, 0.717) is 11.3 Å². The van der Waals surface area contributed by atoms with Crippen molar-refractivity contribution in [3.05, 3.63) is 65.6 Å². The first-order valence-electron chi connectivity index (χ1n) is 9.07. The first kappa shape index (κ1) is 22.0. The second kappa shape index (κ2) is 9.77. The van der Waals surface area contributed by atoms with Crippen molar-refractivity contribution in [1.29, 1.82) is 0 Å². The van der Waals surface area contributed by atoms with Crippen LogP contribution >= 0.6 is 0 Å². The lowest BCUT2D eigenvalue weighted by molar-refractivity contribution is -0.124. The molecule has 0 radical (unpaired) electrons. The number of aryl methyl sites for hydroxylation is 1. The summed E-state index contributed by atoms with van der Waals surface area (Å²) in [6.07, 6.45) is -0.139. The summed E-state index contributed by atoms with van der Waals surface area (Å²) in [6.45, 7) is 9.00. The van der Waals surface area contributed by atoms with E-state index in [0.717, 1.165) is 11.3 Å². The highest BCUT2D eigenvalue weighted by molar-refractivity contribution is 6.05. The lowest BCUT2D eigenvalue weighted by atomic mass is 10.1. The van der Waals surface area contributed by atoms with Crippen molar-refractivity contribution in [3.8, 4) is 0 Å². The predicted molar refractivity (Wildman–Crippen MR) is 109 cm³/mol. The maximum Gasteiger partial charge on any atom is 0.281 e. The summed E-state index contributed by atoms with van der Waals surface area (Å²) in [6, 6.07) is 6.44. The molecule has 154 valence electrons. The number of aromatic nitrogens is 1. The molecule has 2 amide bonds. The minimum absolute atomic E-state index is 0.0921. The van der Waals surface area contributed by atoms with Crippen LogP contribution in [0.15, 0.2) is 43.2 Å². The Hall–Kier alpha value is -3.29. The molecule has 0 aliphatic heterocycles. The molecular formula is C21H24F2N4O2. The fourth-order valence-electron chi connectivity index (χ4n) is 2.58. The fraction of sp³-hybridized carbons (Fsp3) is 0.286. The number of amides is 2. The van der Waals surface area contributed by atoms with Crippen LogP contribution in [0.3, 0.4) is 0 Å². The van der Waals surface area contributed by atoms with E-state index in [-0.39, 0.29) is 23.9 Å². The van der Waals surface area contributed by atoms with Crippen LogP contribution in [0.25, 0.3) is 0 Å². The van der Waals surface area contributed by atoms with Crippen LogP contribution in [0.2, 0.25) is 0 Å². The summed E-state index contributed by atoms with van der Waals surface area (Å²) in [7, 11) is 0. The Labute approximate surface area is 168 Å². The molecule has 29 heavy (non-hydrogen) atoms. The van der Waals surface area contributed by atoms with Crippen LogP contribution in [-0.4, -0.2) is 16.8 Å². The van der Waals surface area contributed by atoms with Crippen LogP contribution < -0.4 is 16.0 Å². The van der Waals surface area contributed by atoms with E-state index in [9.17, 15) is 18.4 Å². The van der Waals surface area contributed by atoms with Crippen LogP contribution in [-0.2, 0) is 11.3 Å². The van der Waals surface area contributed by atoms with Gasteiger partial charge in [0.05, 0.1) is 5.56 Å². The molecule has 0 bridgehead atoms. The minimum Gasteiger partial charge on any atom is -0.362 e. The van der Waals surface area contributed by atoms with Crippen molar-refractivity contribution >= 4 is 23.2 Å². The van der Waals surface area contributed by atoms with Crippen LogP contribution in [0.5, 0.6) is 0 Å². The van der Waals surface area contributed by atoms with E-state index in [2.05, 4.69) is 27.5 Å². The van der Waals surface area contributed by atoms with Gasteiger partial charge >= 0.3 is 0 Å². The molecule has 2 rings (SSSR count). The predicted octanol–water partition coefficient (Wildman–Crippen LogP) is 4.41. The number of rotatable bonds is 8. The first-order chi connectivity index (χ1) is 13.7. The molecule has 6 nitrogen and oxygen atoms in total. The second-order valence-electron chi connectivity index (χ2n) is 6.78. The van der Waals surface area contributed by atoms with Crippen molar-refractivity contribution in [2.24, 2.45) is 5.92 Å². The highest BCUT2D eigenvalue weighted by Crippen LogP contribution is 2.24. The molecule has 1 heterocycles. The summed E-state index contributed by atoms with van der Waals surface area (Å²) in [4.78, 5) is 28.1. The lowest BCUT2D eigenvalue weighted by Gasteiger charge is -2.13. The molecule has 0 aliphatic carbocycles. The Balaban J connectivity index is 2.24. The Morgan fingerprint density at radius 1 is 1.24 bits per heavy atom. The van der Waals surface area contributed by atoms with Gasteiger partial charge in [0.1, 0.15) is 5.69 Å². The number of carbonyl (C=O) groups excluding carboxylic acids is 2. The Morgan fingerprint density at radius 3 is 2.55 bits per heavy atom. The molecule has 1 aromatic carbocycles. The van der Waals surface area contributed by atoms with Crippen LogP contribution in [0.1, 0.15) is 47.5 Å². The molecule has 0 atom stereocenters. The van der Waals surface area contributed by atoms with E-state index in [1.807, 2.05) is 6.92 Å². The van der Waals surface area contributed by atoms with Gasteiger partial charge in [-0.2, -0.15) is 0 Å². The zero-order chi connectivity index (χ0) is 21.6. The SMILES string of the molecule is C=CNc1ccc(NC(=O)c2cc(CNC(=O)C(C)C)cnc2C(F)F)cc1C. The summed E-state index contributed by atoms with van der Waals surface area (Å²) >= 11 is 0. The van der Waals surface area contributed by atoms with E-state index in [1.54, 1.807) is 32.0 Å². The third-order valence-electron chi connectivity index (χ3n) is 4.16. The third-order valence-corrected chi connectivity index (χ3v) is 4.16. The molecular weight excluding hydrogens is 378 g/mol. The number of anilines is 2. The number of benzene rings is 1. The summed E-state index contributed by atoms with van der Waals surface area (Å²) in [5, 5.41) is 8.25. The fourth-order valence-corrected chi connectivity index (χ4v) is 2.58. The minimum atomic E-state index is -2.91. The van der Waals surface area contributed by atoms with Gasteiger partial charge in [-0.25, -0.2) is 8.78 Å². The number of alkyl halides is 2. The molecule has 2 aromatic rings. The van der Waals surface area contributed by atoms with Gasteiger partial charge in [0.25, 0.3) is 12.3 Å². The molecule has 0 aliphatic rings. The number of hydrogen-bond donors (Lipinski definition) is 3. The van der Waals surface area contributed by atoms with Gasteiger partial charge in [-0.15, -0.1) is 0 Å².